The Morgan fingerprint density at radius 2 is 1.81 bits per heavy atom. The van der Waals surface area contributed by atoms with Gasteiger partial charge in [0, 0.05) is 0 Å². The summed E-state index contributed by atoms with van der Waals surface area (Å²) in [7, 11) is 0. The van der Waals surface area contributed by atoms with Crippen LogP contribution in [-0.2, 0) is 14.3 Å². The second-order valence-corrected chi connectivity index (χ2v) is 3.55. The zero-order chi connectivity index (χ0) is 12.7. The molecule has 0 fully saturated rings. The maximum Gasteiger partial charge on any atom is 0.316 e. The molecule has 0 aliphatic carbocycles. The fraction of sp³-hybridized carbons (Fsp3) is 0.750. The lowest BCUT2D eigenvalue weighted by Crippen LogP contribution is -2.46. The van der Waals surface area contributed by atoms with E-state index >= 15 is 0 Å². The minimum absolute atomic E-state index is 0.0189. The first-order valence-corrected chi connectivity index (χ1v) is 5.45. The van der Waals surface area contributed by atoms with E-state index in [2.05, 4.69) is 20.7 Å². The molecule has 0 aliphatic rings. The highest BCUT2D eigenvalue weighted by atomic mass is 79.9. The van der Waals surface area contributed by atoms with Gasteiger partial charge in [0.25, 0.3) is 0 Å². The van der Waals surface area contributed by atoms with Gasteiger partial charge < -0.3 is 30.0 Å². The van der Waals surface area contributed by atoms with Crippen molar-refractivity contribution in [2.75, 3.05) is 11.9 Å². The first-order chi connectivity index (χ1) is 7.43. The molecule has 0 aliphatic heterocycles. The Kier molecular flexibility index (Phi) is 7.43. The predicted octanol–water partition coefficient (Wildman–Crippen LogP) is -2.43. The number of aliphatic hydroxyl groups is 4. The van der Waals surface area contributed by atoms with E-state index in [4.69, 9.17) is 10.2 Å². The molecule has 0 heterocycles. The van der Waals surface area contributed by atoms with Crippen molar-refractivity contribution in [1.29, 1.82) is 0 Å². The smallest absolute Gasteiger partial charge is 0.316 e. The lowest BCUT2D eigenvalue weighted by molar-refractivity contribution is -0.153. The SMILES string of the molecule is O=C[C@H](O)[C@@H](O)[C@@H](O)[C@H](O)COC(=O)CBr. The minimum Gasteiger partial charge on any atom is -0.462 e. The van der Waals surface area contributed by atoms with Crippen LogP contribution < -0.4 is 0 Å². The molecule has 0 unspecified atom stereocenters. The largest absolute Gasteiger partial charge is 0.462 e. The highest BCUT2D eigenvalue weighted by molar-refractivity contribution is 9.09. The molecular weight excluding hydrogens is 288 g/mol. The van der Waals surface area contributed by atoms with E-state index in [1.165, 1.54) is 0 Å². The van der Waals surface area contributed by atoms with E-state index in [0.717, 1.165) is 0 Å². The summed E-state index contributed by atoms with van der Waals surface area (Å²) in [5.74, 6) is -0.656. The molecule has 0 rings (SSSR count). The topological polar surface area (TPSA) is 124 Å². The van der Waals surface area contributed by atoms with Crippen LogP contribution in [0.2, 0.25) is 0 Å². The number of carbonyl (C=O) groups excluding carboxylic acids is 2. The molecule has 0 aromatic rings. The molecule has 8 heteroatoms. The summed E-state index contributed by atoms with van der Waals surface area (Å²) >= 11 is 2.81. The van der Waals surface area contributed by atoms with Gasteiger partial charge in [-0.1, -0.05) is 15.9 Å². The van der Waals surface area contributed by atoms with Crippen LogP contribution in [0.15, 0.2) is 0 Å². The van der Waals surface area contributed by atoms with Crippen LogP contribution in [0, 0.1) is 0 Å². The van der Waals surface area contributed by atoms with E-state index in [-0.39, 0.29) is 11.6 Å². The van der Waals surface area contributed by atoms with Gasteiger partial charge in [0.2, 0.25) is 0 Å². The monoisotopic (exact) mass is 300 g/mol. The molecule has 0 saturated heterocycles. The van der Waals surface area contributed by atoms with Gasteiger partial charge in [0.1, 0.15) is 36.4 Å². The molecule has 0 spiro atoms. The van der Waals surface area contributed by atoms with Gasteiger partial charge >= 0.3 is 5.97 Å². The zero-order valence-electron chi connectivity index (χ0n) is 8.19. The van der Waals surface area contributed by atoms with Crippen molar-refractivity contribution in [3.8, 4) is 0 Å². The number of aldehydes is 1. The van der Waals surface area contributed by atoms with Crippen molar-refractivity contribution in [2.45, 2.75) is 24.4 Å². The molecule has 0 radical (unpaired) electrons. The molecule has 4 atom stereocenters. The zero-order valence-corrected chi connectivity index (χ0v) is 9.78. The molecule has 0 aromatic carbocycles. The maximum atomic E-state index is 10.7. The average Bonchev–Trinajstić information content (AvgIpc) is 2.32. The number of halogens is 1. The Bertz CT molecular complexity index is 234. The minimum atomic E-state index is -1.84. The molecule has 4 N–H and O–H groups in total. The molecule has 0 amide bonds. The van der Waals surface area contributed by atoms with Crippen LogP contribution in [0.5, 0.6) is 0 Å². The van der Waals surface area contributed by atoms with Gasteiger partial charge in [-0.2, -0.15) is 0 Å². The third-order valence-electron chi connectivity index (χ3n) is 1.76. The number of alkyl halides is 1. The number of rotatable bonds is 7. The molecule has 7 nitrogen and oxygen atoms in total. The van der Waals surface area contributed by atoms with E-state index in [9.17, 15) is 19.8 Å². The van der Waals surface area contributed by atoms with E-state index in [0.29, 0.717) is 0 Å². The van der Waals surface area contributed by atoms with Crippen LogP contribution in [-0.4, -0.2) is 69.0 Å². The second-order valence-electron chi connectivity index (χ2n) is 2.99. The lowest BCUT2D eigenvalue weighted by Gasteiger charge is -2.23. The summed E-state index contributed by atoms with van der Waals surface area (Å²) in [6.45, 7) is -0.547. The van der Waals surface area contributed by atoms with Crippen molar-refractivity contribution in [3.63, 3.8) is 0 Å². The lowest BCUT2D eigenvalue weighted by atomic mass is 10.0. The molecule has 0 saturated carbocycles. The van der Waals surface area contributed by atoms with Crippen LogP contribution in [0.3, 0.4) is 0 Å². The maximum absolute atomic E-state index is 10.7. The molecule has 0 bridgehead atoms. The van der Waals surface area contributed by atoms with E-state index in [1.54, 1.807) is 0 Å². The Balaban J connectivity index is 4.11. The van der Waals surface area contributed by atoms with Crippen LogP contribution >= 0.6 is 15.9 Å². The summed E-state index contributed by atoms with van der Waals surface area (Å²) in [5, 5.41) is 36.4. The third kappa shape index (κ3) is 4.99. The summed E-state index contributed by atoms with van der Waals surface area (Å²) in [6.07, 6.45) is -7.01. The normalized spacial score (nSPS) is 18.3. The highest BCUT2D eigenvalue weighted by Gasteiger charge is 2.30. The molecule has 94 valence electrons. The first-order valence-electron chi connectivity index (χ1n) is 4.33. The summed E-state index contributed by atoms with van der Waals surface area (Å²) in [5.41, 5.74) is 0. The average molecular weight is 301 g/mol. The van der Waals surface area contributed by atoms with Gasteiger partial charge in [-0.05, 0) is 0 Å². The van der Waals surface area contributed by atoms with Gasteiger partial charge in [-0.3, -0.25) is 4.79 Å². The van der Waals surface area contributed by atoms with Crippen molar-refractivity contribution in [3.05, 3.63) is 0 Å². The van der Waals surface area contributed by atoms with Crippen molar-refractivity contribution in [2.24, 2.45) is 0 Å². The van der Waals surface area contributed by atoms with Crippen LogP contribution in [0.1, 0.15) is 0 Å². The van der Waals surface area contributed by atoms with Gasteiger partial charge in [-0.15, -0.1) is 0 Å². The number of ether oxygens (including phenoxy) is 1. The number of carbonyl (C=O) groups is 2. The Morgan fingerprint density at radius 1 is 1.25 bits per heavy atom. The van der Waals surface area contributed by atoms with E-state index < -0.39 is 37.0 Å². The van der Waals surface area contributed by atoms with E-state index in [1.807, 2.05) is 0 Å². The Labute approximate surface area is 99.8 Å². The number of hydrogen-bond acceptors (Lipinski definition) is 7. The number of hydrogen-bond donors (Lipinski definition) is 4. The highest BCUT2D eigenvalue weighted by Crippen LogP contribution is 2.04. The van der Waals surface area contributed by atoms with Crippen molar-refractivity contribution >= 4 is 28.2 Å². The Morgan fingerprint density at radius 3 is 2.25 bits per heavy atom. The molecular formula is C8H13BrO7. The fourth-order valence-corrected chi connectivity index (χ4v) is 0.987. The van der Waals surface area contributed by atoms with Crippen LogP contribution in [0.4, 0.5) is 0 Å². The standard InChI is InChI=1S/C8H13BrO7/c9-1-6(13)16-3-5(12)8(15)7(14)4(11)2-10/h2,4-5,7-8,11-12,14-15H,1,3H2/t4-,5+,7+,8-/m0/s1. The van der Waals surface area contributed by atoms with Crippen molar-refractivity contribution < 1.29 is 34.8 Å². The fourth-order valence-electron chi connectivity index (χ4n) is 0.826. The van der Waals surface area contributed by atoms with Crippen LogP contribution in [0.25, 0.3) is 0 Å². The quantitative estimate of drug-likeness (QED) is 0.234. The van der Waals surface area contributed by atoms with Gasteiger partial charge in [0.05, 0.1) is 0 Å². The van der Waals surface area contributed by atoms with Gasteiger partial charge in [-0.25, -0.2) is 0 Å². The number of aliphatic hydroxyl groups excluding tert-OH is 4. The molecule has 16 heavy (non-hydrogen) atoms. The summed E-state index contributed by atoms with van der Waals surface area (Å²) in [6, 6.07) is 0. The Hall–Kier alpha value is -0.540. The predicted molar refractivity (Wildman–Crippen MR) is 54.8 cm³/mol. The third-order valence-corrected chi connectivity index (χ3v) is 2.22. The summed E-state index contributed by atoms with van der Waals surface area (Å²) < 4.78 is 4.46. The second kappa shape index (κ2) is 7.69. The summed E-state index contributed by atoms with van der Waals surface area (Å²) in [4.78, 5) is 20.8. The van der Waals surface area contributed by atoms with Crippen molar-refractivity contribution in [1.82, 2.24) is 0 Å². The van der Waals surface area contributed by atoms with Gasteiger partial charge in [0.15, 0.2) is 6.29 Å². The molecule has 0 aromatic heterocycles. The number of esters is 1. The first kappa shape index (κ1) is 15.5.